The first-order chi connectivity index (χ1) is 13.7. The molecule has 5 aromatic rings. The first-order valence-electron chi connectivity index (χ1n) is 8.86. The van der Waals surface area contributed by atoms with E-state index >= 15 is 0 Å². The molecule has 0 fully saturated rings. The van der Waals surface area contributed by atoms with Crippen molar-refractivity contribution in [3.8, 4) is 0 Å². The largest absolute Gasteiger partial charge is 0.422 e. The predicted molar refractivity (Wildman–Crippen MR) is 108 cm³/mol. The Bertz CT molecular complexity index is 1410. The summed E-state index contributed by atoms with van der Waals surface area (Å²) in [5.41, 5.74) is 1.34. The van der Waals surface area contributed by atoms with Gasteiger partial charge < -0.3 is 9.73 Å². The molecule has 6 nitrogen and oxygen atoms in total. The van der Waals surface area contributed by atoms with Crippen LogP contribution in [-0.4, -0.2) is 15.7 Å². The molecule has 0 unspecified atom stereocenters. The number of hydrogen-bond donors (Lipinski definition) is 1. The fraction of sp³-hybridized carbons (Fsp3) is 0.0455. The van der Waals surface area contributed by atoms with Crippen molar-refractivity contribution in [2.45, 2.75) is 6.54 Å². The van der Waals surface area contributed by atoms with Crippen LogP contribution < -0.4 is 10.9 Å². The predicted octanol–water partition coefficient (Wildman–Crippen LogP) is 3.93. The third-order valence-corrected chi connectivity index (χ3v) is 4.76. The van der Waals surface area contributed by atoms with Crippen molar-refractivity contribution in [3.05, 3.63) is 83.3 Å². The smallest absolute Gasteiger partial charge is 0.347 e. The number of nitrogens with one attached hydrogen (secondary N) is 1. The number of carbonyl (C=O) groups is 1. The van der Waals surface area contributed by atoms with E-state index in [0.29, 0.717) is 16.5 Å². The Morgan fingerprint density at radius 2 is 1.68 bits per heavy atom. The lowest BCUT2D eigenvalue weighted by molar-refractivity contribution is -0.116. The van der Waals surface area contributed by atoms with E-state index in [1.54, 1.807) is 12.1 Å². The zero-order chi connectivity index (χ0) is 19.1. The van der Waals surface area contributed by atoms with Crippen LogP contribution in [0.2, 0.25) is 0 Å². The molecule has 0 aliphatic carbocycles. The second-order valence-corrected chi connectivity index (χ2v) is 6.53. The van der Waals surface area contributed by atoms with E-state index in [2.05, 4.69) is 10.4 Å². The van der Waals surface area contributed by atoms with Gasteiger partial charge in [-0.15, -0.1) is 0 Å². The third-order valence-electron chi connectivity index (χ3n) is 4.76. The molecule has 2 heterocycles. The molecular formula is C22H15N3O3. The Balaban J connectivity index is 1.53. The Kier molecular flexibility index (Phi) is 3.69. The summed E-state index contributed by atoms with van der Waals surface area (Å²) in [6.07, 6.45) is 1.44. The fourth-order valence-corrected chi connectivity index (χ4v) is 3.51. The number of aromatic nitrogens is 2. The molecule has 2 aromatic heterocycles. The van der Waals surface area contributed by atoms with Crippen LogP contribution in [-0.2, 0) is 11.3 Å². The van der Waals surface area contributed by atoms with Gasteiger partial charge in [0.25, 0.3) is 0 Å². The maximum Gasteiger partial charge on any atom is 0.347 e. The standard InChI is InChI=1S/C22H15N3O3/c26-20(24-18-10-5-7-14-6-1-2-8-15(14)18)13-25-21-16-9-3-4-11-19(16)28-22(27)17(21)12-23-25/h1-12H,13H2,(H,24,26). The van der Waals surface area contributed by atoms with Gasteiger partial charge in [0, 0.05) is 16.5 Å². The SMILES string of the molecule is O=C(Cn1ncc2c(=O)oc3ccccc3c21)Nc1cccc2ccccc12. The maximum atomic E-state index is 12.7. The second-order valence-electron chi connectivity index (χ2n) is 6.53. The highest BCUT2D eigenvalue weighted by molar-refractivity contribution is 6.04. The molecule has 0 atom stereocenters. The number of fused-ring (bicyclic) bond motifs is 4. The highest BCUT2D eigenvalue weighted by Crippen LogP contribution is 2.24. The van der Waals surface area contributed by atoms with Crippen molar-refractivity contribution in [1.29, 1.82) is 0 Å². The monoisotopic (exact) mass is 369 g/mol. The van der Waals surface area contributed by atoms with Crippen molar-refractivity contribution in [2.24, 2.45) is 0 Å². The minimum absolute atomic E-state index is 0.0137. The third kappa shape index (κ3) is 2.63. The maximum absolute atomic E-state index is 12.7. The molecule has 0 aliphatic heterocycles. The van der Waals surface area contributed by atoms with E-state index in [4.69, 9.17) is 4.42 Å². The highest BCUT2D eigenvalue weighted by atomic mass is 16.4. The average Bonchev–Trinajstić information content (AvgIpc) is 3.13. The summed E-state index contributed by atoms with van der Waals surface area (Å²) in [6, 6.07) is 20.9. The molecule has 5 rings (SSSR count). The van der Waals surface area contributed by atoms with Crippen molar-refractivity contribution in [2.75, 3.05) is 5.32 Å². The number of hydrogen-bond acceptors (Lipinski definition) is 4. The van der Waals surface area contributed by atoms with Gasteiger partial charge in [0.2, 0.25) is 5.91 Å². The second kappa shape index (κ2) is 6.35. The number of para-hydroxylation sites is 1. The lowest BCUT2D eigenvalue weighted by atomic mass is 10.1. The quantitative estimate of drug-likeness (QED) is 0.489. The number of rotatable bonds is 3. The van der Waals surface area contributed by atoms with E-state index in [0.717, 1.165) is 21.8 Å². The van der Waals surface area contributed by atoms with Crippen LogP contribution in [0, 0.1) is 0 Å². The summed E-state index contributed by atoms with van der Waals surface area (Å²) in [4.78, 5) is 24.9. The number of nitrogens with zero attached hydrogens (tertiary/aromatic N) is 2. The molecule has 3 aromatic carbocycles. The van der Waals surface area contributed by atoms with Gasteiger partial charge >= 0.3 is 5.63 Å². The van der Waals surface area contributed by atoms with Gasteiger partial charge in [-0.2, -0.15) is 5.10 Å². The summed E-state index contributed by atoms with van der Waals surface area (Å²) in [5.74, 6) is -0.223. The number of anilines is 1. The van der Waals surface area contributed by atoms with Crippen LogP contribution in [0.15, 0.2) is 82.1 Å². The average molecular weight is 369 g/mol. The van der Waals surface area contributed by atoms with Crippen molar-refractivity contribution in [3.63, 3.8) is 0 Å². The molecule has 0 radical (unpaired) electrons. The van der Waals surface area contributed by atoms with E-state index in [-0.39, 0.29) is 12.5 Å². The minimum atomic E-state index is -0.464. The molecular weight excluding hydrogens is 354 g/mol. The summed E-state index contributed by atoms with van der Waals surface area (Å²) in [5, 5.41) is 10.3. The van der Waals surface area contributed by atoms with Crippen LogP contribution in [0.4, 0.5) is 5.69 Å². The van der Waals surface area contributed by atoms with Gasteiger partial charge in [0.05, 0.1) is 11.7 Å². The van der Waals surface area contributed by atoms with Crippen LogP contribution in [0.5, 0.6) is 0 Å². The highest BCUT2D eigenvalue weighted by Gasteiger charge is 2.15. The Hall–Kier alpha value is -3.93. The Morgan fingerprint density at radius 3 is 2.57 bits per heavy atom. The summed E-state index contributed by atoms with van der Waals surface area (Å²) < 4.78 is 6.86. The molecule has 1 amide bonds. The minimum Gasteiger partial charge on any atom is -0.422 e. The normalized spacial score (nSPS) is 11.3. The molecule has 0 bridgehead atoms. The molecule has 0 spiro atoms. The van der Waals surface area contributed by atoms with Gasteiger partial charge in [-0.25, -0.2) is 4.79 Å². The van der Waals surface area contributed by atoms with Crippen LogP contribution in [0.1, 0.15) is 0 Å². The number of carbonyl (C=O) groups excluding carboxylic acids is 1. The molecule has 0 saturated carbocycles. The zero-order valence-electron chi connectivity index (χ0n) is 14.8. The summed E-state index contributed by atoms with van der Waals surface area (Å²) in [7, 11) is 0. The van der Waals surface area contributed by atoms with Crippen molar-refractivity contribution < 1.29 is 9.21 Å². The molecule has 6 heteroatoms. The van der Waals surface area contributed by atoms with Crippen LogP contribution in [0.3, 0.4) is 0 Å². The van der Waals surface area contributed by atoms with Gasteiger partial charge in [-0.3, -0.25) is 9.48 Å². The van der Waals surface area contributed by atoms with Crippen molar-refractivity contribution >= 4 is 44.2 Å². The number of amides is 1. The van der Waals surface area contributed by atoms with E-state index in [1.165, 1.54) is 10.9 Å². The molecule has 136 valence electrons. The van der Waals surface area contributed by atoms with Gasteiger partial charge in [0.1, 0.15) is 17.5 Å². The van der Waals surface area contributed by atoms with Gasteiger partial charge in [-0.1, -0.05) is 48.5 Å². The Labute approximate surface area is 159 Å². The topological polar surface area (TPSA) is 77.1 Å². The summed E-state index contributed by atoms with van der Waals surface area (Å²) in [6.45, 7) is -0.0137. The first-order valence-corrected chi connectivity index (χ1v) is 8.86. The molecule has 0 aliphatic rings. The number of benzene rings is 3. The fourth-order valence-electron chi connectivity index (χ4n) is 3.51. The summed E-state index contributed by atoms with van der Waals surface area (Å²) >= 11 is 0. The van der Waals surface area contributed by atoms with E-state index in [9.17, 15) is 9.59 Å². The van der Waals surface area contributed by atoms with Crippen molar-refractivity contribution in [1.82, 2.24) is 9.78 Å². The van der Waals surface area contributed by atoms with Crippen LogP contribution >= 0.6 is 0 Å². The lowest BCUT2D eigenvalue weighted by Gasteiger charge is -2.10. The van der Waals surface area contributed by atoms with Gasteiger partial charge in [0.15, 0.2) is 0 Å². The van der Waals surface area contributed by atoms with E-state index < -0.39 is 5.63 Å². The van der Waals surface area contributed by atoms with Gasteiger partial charge in [-0.05, 0) is 23.6 Å². The zero-order valence-corrected chi connectivity index (χ0v) is 14.8. The molecule has 0 saturated heterocycles. The van der Waals surface area contributed by atoms with Crippen LogP contribution in [0.25, 0.3) is 32.6 Å². The molecule has 28 heavy (non-hydrogen) atoms. The lowest BCUT2D eigenvalue weighted by Crippen LogP contribution is -2.19. The first kappa shape index (κ1) is 16.3. The Morgan fingerprint density at radius 1 is 0.929 bits per heavy atom. The molecule has 1 N–H and O–H groups in total. The van der Waals surface area contributed by atoms with E-state index in [1.807, 2.05) is 54.6 Å².